The van der Waals surface area contributed by atoms with Crippen molar-refractivity contribution in [2.45, 2.75) is 32.4 Å². The number of rotatable bonds is 4. The zero-order chi connectivity index (χ0) is 16.2. The van der Waals surface area contributed by atoms with Crippen LogP contribution in [-0.2, 0) is 17.4 Å². The van der Waals surface area contributed by atoms with Crippen LogP contribution in [0.5, 0.6) is 0 Å². The molecule has 0 saturated carbocycles. The molecule has 6 heteroatoms. The van der Waals surface area contributed by atoms with Crippen molar-refractivity contribution in [2.75, 3.05) is 19.6 Å². The maximum atomic E-state index is 12.5. The molecule has 122 valence electrons. The molecule has 1 aromatic carbocycles. The van der Waals surface area contributed by atoms with E-state index in [0.29, 0.717) is 12.1 Å². The SMILES string of the molecule is CC1(CNC(=O)Cc2ccc(C(F)(F)F)cc2)CCNCC1. The van der Waals surface area contributed by atoms with E-state index in [1.165, 1.54) is 12.1 Å². The minimum atomic E-state index is -4.34. The van der Waals surface area contributed by atoms with Crippen LogP contribution in [-0.4, -0.2) is 25.5 Å². The second-order valence-electron chi connectivity index (χ2n) is 6.21. The number of benzene rings is 1. The minimum Gasteiger partial charge on any atom is -0.355 e. The lowest BCUT2D eigenvalue weighted by Crippen LogP contribution is -2.43. The molecule has 22 heavy (non-hydrogen) atoms. The first-order chi connectivity index (χ1) is 10.3. The first-order valence-electron chi connectivity index (χ1n) is 7.42. The van der Waals surface area contributed by atoms with E-state index in [2.05, 4.69) is 17.6 Å². The van der Waals surface area contributed by atoms with Crippen molar-refractivity contribution in [1.82, 2.24) is 10.6 Å². The molecule has 0 radical (unpaired) electrons. The van der Waals surface area contributed by atoms with Crippen molar-refractivity contribution < 1.29 is 18.0 Å². The Hall–Kier alpha value is -1.56. The first-order valence-corrected chi connectivity index (χ1v) is 7.42. The summed E-state index contributed by atoms with van der Waals surface area (Å²) >= 11 is 0. The Morgan fingerprint density at radius 3 is 2.36 bits per heavy atom. The Kier molecular flexibility index (Phi) is 5.11. The molecule has 2 N–H and O–H groups in total. The Labute approximate surface area is 128 Å². The molecule has 1 amide bonds. The van der Waals surface area contributed by atoms with Gasteiger partial charge in [0.15, 0.2) is 0 Å². The van der Waals surface area contributed by atoms with Gasteiger partial charge in [-0.1, -0.05) is 19.1 Å². The second kappa shape index (κ2) is 6.69. The van der Waals surface area contributed by atoms with E-state index < -0.39 is 11.7 Å². The lowest BCUT2D eigenvalue weighted by atomic mass is 9.81. The number of piperidine rings is 1. The molecule has 1 heterocycles. The molecular formula is C16H21F3N2O. The normalized spacial score (nSPS) is 18.0. The predicted molar refractivity (Wildman–Crippen MR) is 78.4 cm³/mol. The monoisotopic (exact) mass is 314 g/mol. The third-order valence-electron chi connectivity index (χ3n) is 4.17. The van der Waals surface area contributed by atoms with Gasteiger partial charge < -0.3 is 10.6 Å². The number of halogens is 3. The van der Waals surface area contributed by atoms with E-state index >= 15 is 0 Å². The molecule has 0 atom stereocenters. The number of amides is 1. The Morgan fingerprint density at radius 2 is 1.82 bits per heavy atom. The Bertz CT molecular complexity index is 505. The Balaban J connectivity index is 1.84. The highest BCUT2D eigenvalue weighted by molar-refractivity contribution is 5.78. The summed E-state index contributed by atoms with van der Waals surface area (Å²) in [4.78, 5) is 11.9. The minimum absolute atomic E-state index is 0.0983. The molecule has 3 nitrogen and oxygen atoms in total. The summed E-state index contributed by atoms with van der Waals surface area (Å²) in [5.74, 6) is -0.153. The standard InChI is InChI=1S/C16H21F3N2O/c1-15(6-8-20-9-7-15)11-21-14(22)10-12-2-4-13(5-3-12)16(17,18)19/h2-5,20H,6-11H2,1H3,(H,21,22). The van der Waals surface area contributed by atoms with E-state index in [1.807, 2.05) is 0 Å². The van der Waals surface area contributed by atoms with Crippen molar-refractivity contribution in [1.29, 1.82) is 0 Å². The average Bonchev–Trinajstić information content (AvgIpc) is 2.46. The topological polar surface area (TPSA) is 41.1 Å². The summed E-state index contributed by atoms with van der Waals surface area (Å²) in [5, 5.41) is 6.18. The van der Waals surface area contributed by atoms with Gasteiger partial charge in [-0.2, -0.15) is 13.2 Å². The molecule has 0 unspecified atom stereocenters. The third-order valence-corrected chi connectivity index (χ3v) is 4.17. The summed E-state index contributed by atoms with van der Waals surface area (Å²) in [5.41, 5.74) is -0.0130. The average molecular weight is 314 g/mol. The number of carbonyl (C=O) groups is 1. The second-order valence-corrected chi connectivity index (χ2v) is 6.21. The Morgan fingerprint density at radius 1 is 1.23 bits per heavy atom. The number of alkyl halides is 3. The van der Waals surface area contributed by atoms with E-state index in [-0.39, 0.29) is 17.7 Å². The number of carbonyl (C=O) groups excluding carboxylic acids is 1. The van der Waals surface area contributed by atoms with Gasteiger partial charge in [0.2, 0.25) is 5.91 Å². The van der Waals surface area contributed by atoms with Crippen molar-refractivity contribution >= 4 is 5.91 Å². The van der Waals surface area contributed by atoms with Gasteiger partial charge in [0.05, 0.1) is 12.0 Å². The smallest absolute Gasteiger partial charge is 0.355 e. The molecule has 1 saturated heterocycles. The number of nitrogens with one attached hydrogen (secondary N) is 2. The van der Waals surface area contributed by atoms with Gasteiger partial charge in [-0.3, -0.25) is 4.79 Å². The highest BCUT2D eigenvalue weighted by atomic mass is 19.4. The maximum Gasteiger partial charge on any atom is 0.416 e. The molecule has 1 fully saturated rings. The van der Waals surface area contributed by atoms with Crippen LogP contribution in [0, 0.1) is 5.41 Å². The van der Waals surface area contributed by atoms with Crippen LogP contribution in [0.2, 0.25) is 0 Å². The third kappa shape index (κ3) is 4.73. The van der Waals surface area contributed by atoms with Gasteiger partial charge in [-0.15, -0.1) is 0 Å². The van der Waals surface area contributed by atoms with Gasteiger partial charge in [-0.25, -0.2) is 0 Å². The summed E-state index contributed by atoms with van der Waals surface area (Å²) in [7, 11) is 0. The van der Waals surface area contributed by atoms with Gasteiger partial charge in [0.1, 0.15) is 0 Å². The van der Waals surface area contributed by atoms with Crippen LogP contribution in [0.4, 0.5) is 13.2 Å². The molecule has 1 aromatic rings. The molecule has 1 aliphatic rings. The summed E-state index contributed by atoms with van der Waals surface area (Å²) in [6.45, 7) is 4.65. The lowest BCUT2D eigenvalue weighted by Gasteiger charge is -2.34. The molecule has 0 aliphatic carbocycles. The maximum absolute atomic E-state index is 12.5. The first kappa shape index (κ1) is 16.8. The molecule has 1 aliphatic heterocycles. The van der Waals surface area contributed by atoms with Crippen molar-refractivity contribution in [3.63, 3.8) is 0 Å². The van der Waals surface area contributed by atoms with Crippen LogP contribution in [0.15, 0.2) is 24.3 Å². The summed E-state index contributed by atoms with van der Waals surface area (Å²) in [6.07, 6.45) is -2.22. The molecule has 0 spiro atoms. The molecular weight excluding hydrogens is 293 g/mol. The fourth-order valence-electron chi connectivity index (χ4n) is 2.58. The van der Waals surface area contributed by atoms with Crippen molar-refractivity contribution in [3.05, 3.63) is 35.4 Å². The molecule has 0 aromatic heterocycles. The zero-order valence-electron chi connectivity index (χ0n) is 12.6. The van der Waals surface area contributed by atoms with Crippen LogP contribution < -0.4 is 10.6 Å². The van der Waals surface area contributed by atoms with Gasteiger partial charge in [0.25, 0.3) is 0 Å². The van der Waals surface area contributed by atoms with Gasteiger partial charge in [0, 0.05) is 6.54 Å². The number of hydrogen-bond donors (Lipinski definition) is 2. The van der Waals surface area contributed by atoms with Crippen LogP contribution in [0.1, 0.15) is 30.9 Å². The van der Waals surface area contributed by atoms with Crippen molar-refractivity contribution in [3.8, 4) is 0 Å². The molecule has 2 rings (SSSR count). The van der Waals surface area contributed by atoms with E-state index in [9.17, 15) is 18.0 Å². The van der Waals surface area contributed by atoms with Crippen LogP contribution >= 0.6 is 0 Å². The van der Waals surface area contributed by atoms with Crippen LogP contribution in [0.25, 0.3) is 0 Å². The lowest BCUT2D eigenvalue weighted by molar-refractivity contribution is -0.137. The van der Waals surface area contributed by atoms with E-state index in [1.54, 1.807) is 0 Å². The highest BCUT2D eigenvalue weighted by Gasteiger charge is 2.30. The number of hydrogen-bond acceptors (Lipinski definition) is 2. The van der Waals surface area contributed by atoms with E-state index in [4.69, 9.17) is 0 Å². The van der Waals surface area contributed by atoms with E-state index in [0.717, 1.165) is 38.1 Å². The highest BCUT2D eigenvalue weighted by Crippen LogP contribution is 2.29. The van der Waals surface area contributed by atoms with Crippen molar-refractivity contribution in [2.24, 2.45) is 5.41 Å². The molecule has 0 bridgehead atoms. The predicted octanol–water partition coefficient (Wildman–Crippen LogP) is 2.75. The quantitative estimate of drug-likeness (QED) is 0.897. The van der Waals surface area contributed by atoms with Crippen LogP contribution in [0.3, 0.4) is 0 Å². The summed E-state index contributed by atoms with van der Waals surface area (Å²) in [6, 6.07) is 4.73. The fourth-order valence-corrected chi connectivity index (χ4v) is 2.58. The van der Waals surface area contributed by atoms with Gasteiger partial charge >= 0.3 is 6.18 Å². The largest absolute Gasteiger partial charge is 0.416 e. The van der Waals surface area contributed by atoms with Gasteiger partial charge in [-0.05, 0) is 49.0 Å². The summed E-state index contributed by atoms with van der Waals surface area (Å²) < 4.78 is 37.4. The fraction of sp³-hybridized carbons (Fsp3) is 0.562. The zero-order valence-corrected chi connectivity index (χ0v) is 12.6.